The summed E-state index contributed by atoms with van der Waals surface area (Å²) in [5.74, 6) is -1.46. The number of esters is 1. The number of ether oxygens (including phenoxy) is 2. The fourth-order valence-corrected chi connectivity index (χ4v) is 2.29. The van der Waals surface area contributed by atoms with Gasteiger partial charge in [-0.15, -0.1) is 0 Å². The van der Waals surface area contributed by atoms with Crippen molar-refractivity contribution in [1.82, 2.24) is 9.97 Å². The smallest absolute Gasteiger partial charge is 0.347 e. The fraction of sp³-hybridized carbons (Fsp3) is 0.235. The molecule has 24 heavy (non-hydrogen) atoms. The first kappa shape index (κ1) is 15.8. The molecule has 3 heterocycles. The Bertz CT molecular complexity index is 877. The lowest BCUT2D eigenvalue weighted by atomic mass is 10.1. The number of pyridine rings is 1. The summed E-state index contributed by atoms with van der Waals surface area (Å²) in [6, 6.07) is 3.65. The van der Waals surface area contributed by atoms with E-state index >= 15 is 0 Å². The number of fused-ring (bicyclic) bond motifs is 1. The number of Topliss-reactive ketones (excluding diaryl/α,β-unsaturated/α-hetero) is 1. The second-order valence-corrected chi connectivity index (χ2v) is 5.81. The maximum absolute atomic E-state index is 12.4. The molecule has 3 N–H and O–H groups in total. The van der Waals surface area contributed by atoms with Gasteiger partial charge in [-0.25, -0.2) is 9.78 Å². The monoisotopic (exact) mass is 327 g/mol. The molecular formula is C17H17N3O4. The third kappa shape index (κ3) is 2.88. The molecule has 0 bridgehead atoms. The average Bonchev–Trinajstić information content (AvgIpc) is 3.07. The van der Waals surface area contributed by atoms with Gasteiger partial charge < -0.3 is 20.2 Å². The lowest BCUT2D eigenvalue weighted by molar-refractivity contribution is -0.141. The summed E-state index contributed by atoms with van der Waals surface area (Å²) in [6.07, 6.45) is 4.89. The molecule has 0 aromatic carbocycles. The Morgan fingerprint density at radius 3 is 3.04 bits per heavy atom. The zero-order valence-corrected chi connectivity index (χ0v) is 13.3. The van der Waals surface area contributed by atoms with Crippen LogP contribution in [-0.2, 0) is 19.1 Å². The molecule has 124 valence electrons. The standard InChI is InChI=1S/C17H17N3O4/c1-9(2)8-23-17(22)13-14(21)12(24-15(13)18)6-10-7-20-16-11(10)4-3-5-19-16/h3-7,9H,8,18H2,1-2H3,(H,19,20)/b12-6-. The molecule has 0 aliphatic carbocycles. The summed E-state index contributed by atoms with van der Waals surface area (Å²) in [5.41, 5.74) is 6.82. The van der Waals surface area contributed by atoms with E-state index in [-0.39, 0.29) is 29.7 Å². The van der Waals surface area contributed by atoms with Crippen LogP contribution in [-0.4, -0.2) is 28.3 Å². The molecule has 0 radical (unpaired) electrons. The lowest BCUT2D eigenvalue weighted by Gasteiger charge is -2.06. The fourth-order valence-electron chi connectivity index (χ4n) is 2.29. The number of carbonyl (C=O) groups excluding carboxylic acids is 2. The highest BCUT2D eigenvalue weighted by Gasteiger charge is 2.35. The number of hydrogen-bond donors (Lipinski definition) is 2. The number of carbonyl (C=O) groups is 2. The van der Waals surface area contributed by atoms with Crippen LogP contribution in [0.25, 0.3) is 17.1 Å². The largest absolute Gasteiger partial charge is 0.462 e. The van der Waals surface area contributed by atoms with Crippen molar-refractivity contribution in [2.24, 2.45) is 11.7 Å². The van der Waals surface area contributed by atoms with E-state index in [0.717, 1.165) is 5.39 Å². The normalized spacial score (nSPS) is 16.3. The summed E-state index contributed by atoms with van der Waals surface area (Å²) >= 11 is 0. The Hall–Kier alpha value is -3.09. The van der Waals surface area contributed by atoms with Gasteiger partial charge >= 0.3 is 5.97 Å². The van der Waals surface area contributed by atoms with Gasteiger partial charge in [-0.05, 0) is 24.1 Å². The molecule has 1 aliphatic heterocycles. The highest BCUT2D eigenvalue weighted by Crippen LogP contribution is 2.27. The van der Waals surface area contributed by atoms with Gasteiger partial charge in [-0.2, -0.15) is 0 Å². The second kappa shape index (κ2) is 6.19. The van der Waals surface area contributed by atoms with E-state index in [1.54, 1.807) is 18.5 Å². The van der Waals surface area contributed by atoms with E-state index in [4.69, 9.17) is 15.2 Å². The van der Waals surface area contributed by atoms with Crippen LogP contribution in [0, 0.1) is 5.92 Å². The molecule has 0 saturated heterocycles. The molecule has 0 unspecified atom stereocenters. The number of nitrogens with zero attached hydrogens (tertiary/aromatic N) is 1. The molecule has 0 amide bonds. The molecule has 0 atom stereocenters. The third-order valence-electron chi connectivity index (χ3n) is 3.44. The number of rotatable bonds is 4. The Morgan fingerprint density at radius 1 is 1.50 bits per heavy atom. The van der Waals surface area contributed by atoms with E-state index in [2.05, 4.69) is 9.97 Å². The Labute approximate surface area is 138 Å². The summed E-state index contributed by atoms with van der Waals surface area (Å²) < 4.78 is 10.3. The molecular weight excluding hydrogens is 310 g/mol. The van der Waals surface area contributed by atoms with Crippen LogP contribution in [0.2, 0.25) is 0 Å². The minimum atomic E-state index is -0.768. The summed E-state index contributed by atoms with van der Waals surface area (Å²) in [7, 11) is 0. The van der Waals surface area contributed by atoms with Gasteiger partial charge in [-0.1, -0.05) is 13.8 Å². The van der Waals surface area contributed by atoms with Gasteiger partial charge in [0.15, 0.2) is 11.3 Å². The van der Waals surface area contributed by atoms with Crippen molar-refractivity contribution in [2.45, 2.75) is 13.8 Å². The highest BCUT2D eigenvalue weighted by atomic mass is 16.5. The Morgan fingerprint density at radius 2 is 2.29 bits per heavy atom. The maximum atomic E-state index is 12.4. The van der Waals surface area contributed by atoms with Gasteiger partial charge in [0, 0.05) is 23.3 Å². The molecule has 2 aromatic heterocycles. The van der Waals surface area contributed by atoms with Crippen molar-refractivity contribution in [1.29, 1.82) is 0 Å². The van der Waals surface area contributed by atoms with E-state index in [1.807, 2.05) is 19.9 Å². The molecule has 2 aromatic rings. The minimum Gasteiger partial charge on any atom is -0.462 e. The van der Waals surface area contributed by atoms with E-state index in [1.165, 1.54) is 6.08 Å². The molecule has 0 fully saturated rings. The van der Waals surface area contributed by atoms with Crippen LogP contribution < -0.4 is 5.73 Å². The topological polar surface area (TPSA) is 107 Å². The first-order valence-electron chi connectivity index (χ1n) is 7.50. The summed E-state index contributed by atoms with van der Waals surface area (Å²) in [4.78, 5) is 31.6. The average molecular weight is 327 g/mol. The Kier molecular flexibility index (Phi) is 4.07. The van der Waals surface area contributed by atoms with Crippen LogP contribution in [0.15, 0.2) is 41.7 Å². The number of aromatic nitrogens is 2. The molecule has 3 rings (SSSR count). The van der Waals surface area contributed by atoms with Crippen LogP contribution in [0.4, 0.5) is 0 Å². The van der Waals surface area contributed by atoms with Crippen LogP contribution in [0.3, 0.4) is 0 Å². The van der Waals surface area contributed by atoms with E-state index in [0.29, 0.717) is 11.2 Å². The lowest BCUT2D eigenvalue weighted by Crippen LogP contribution is -2.18. The number of nitrogens with one attached hydrogen (secondary N) is 1. The van der Waals surface area contributed by atoms with Crippen LogP contribution >= 0.6 is 0 Å². The number of ketones is 1. The molecule has 7 heteroatoms. The van der Waals surface area contributed by atoms with Crippen molar-refractivity contribution in [3.63, 3.8) is 0 Å². The van der Waals surface area contributed by atoms with E-state index < -0.39 is 11.8 Å². The number of allylic oxidation sites excluding steroid dienone is 1. The van der Waals surface area contributed by atoms with Gasteiger partial charge in [-0.3, -0.25) is 4.79 Å². The SMILES string of the molecule is CC(C)COC(=O)C1=C(N)O/C(=C\c2c[nH]c3ncccc23)C1=O. The number of hydrogen-bond acceptors (Lipinski definition) is 6. The quantitative estimate of drug-likeness (QED) is 0.504. The van der Waals surface area contributed by atoms with Gasteiger partial charge in [0.2, 0.25) is 11.7 Å². The summed E-state index contributed by atoms with van der Waals surface area (Å²) in [6.45, 7) is 4.00. The van der Waals surface area contributed by atoms with Crippen LogP contribution in [0.5, 0.6) is 0 Å². The molecule has 1 aliphatic rings. The molecule has 0 saturated carbocycles. The van der Waals surface area contributed by atoms with Gasteiger partial charge in [0.25, 0.3) is 0 Å². The summed E-state index contributed by atoms with van der Waals surface area (Å²) in [5, 5.41) is 0.829. The first-order chi connectivity index (χ1) is 11.5. The van der Waals surface area contributed by atoms with E-state index in [9.17, 15) is 9.59 Å². The molecule has 7 nitrogen and oxygen atoms in total. The van der Waals surface area contributed by atoms with Gasteiger partial charge in [0.1, 0.15) is 5.65 Å². The first-order valence-corrected chi connectivity index (χ1v) is 7.50. The van der Waals surface area contributed by atoms with Crippen molar-refractivity contribution >= 4 is 28.9 Å². The Balaban J connectivity index is 1.85. The second-order valence-electron chi connectivity index (χ2n) is 5.81. The van der Waals surface area contributed by atoms with Crippen molar-refractivity contribution < 1.29 is 19.1 Å². The zero-order chi connectivity index (χ0) is 17.3. The highest BCUT2D eigenvalue weighted by molar-refractivity contribution is 6.26. The van der Waals surface area contributed by atoms with Crippen LogP contribution in [0.1, 0.15) is 19.4 Å². The predicted octanol–water partition coefficient (Wildman–Crippen LogP) is 1.87. The van der Waals surface area contributed by atoms with Gasteiger partial charge in [0.05, 0.1) is 6.61 Å². The minimum absolute atomic E-state index is 0.0197. The predicted molar refractivity (Wildman–Crippen MR) is 87.2 cm³/mol. The van der Waals surface area contributed by atoms with Crippen molar-refractivity contribution in [3.05, 3.63) is 47.3 Å². The molecule has 0 spiro atoms. The number of nitrogens with two attached hydrogens (primary N) is 1. The maximum Gasteiger partial charge on any atom is 0.347 e. The third-order valence-corrected chi connectivity index (χ3v) is 3.44. The van der Waals surface area contributed by atoms with Crippen molar-refractivity contribution in [2.75, 3.05) is 6.61 Å². The zero-order valence-electron chi connectivity index (χ0n) is 13.3. The van der Waals surface area contributed by atoms with Crippen molar-refractivity contribution in [3.8, 4) is 0 Å². The number of H-pyrrole nitrogens is 1. The number of aromatic amines is 1.